The van der Waals surface area contributed by atoms with Gasteiger partial charge in [-0.15, -0.1) is 0 Å². The average Bonchev–Trinajstić information content (AvgIpc) is 2.42. The lowest BCUT2D eigenvalue weighted by Crippen LogP contribution is -2.63. The van der Waals surface area contributed by atoms with Crippen LogP contribution >= 0.6 is 0 Å². The molecule has 2 N–H and O–H groups in total. The molecule has 0 aromatic rings. The molecule has 20 heavy (non-hydrogen) atoms. The zero-order valence-electron chi connectivity index (χ0n) is 14.1. The Morgan fingerprint density at radius 2 is 1.80 bits per heavy atom. The van der Waals surface area contributed by atoms with Crippen LogP contribution in [0.25, 0.3) is 0 Å². The second-order valence-corrected chi connectivity index (χ2v) is 7.81. The Balaban J connectivity index is 2.00. The largest absolute Gasteiger partial charge is 0.329 e. The van der Waals surface area contributed by atoms with E-state index < -0.39 is 0 Å². The highest BCUT2D eigenvalue weighted by Gasteiger charge is 2.42. The molecule has 0 saturated carbocycles. The Labute approximate surface area is 125 Å². The van der Waals surface area contributed by atoms with Crippen LogP contribution in [0.5, 0.6) is 0 Å². The molecule has 2 fully saturated rings. The molecule has 3 nitrogen and oxygen atoms in total. The lowest BCUT2D eigenvalue weighted by atomic mass is 9.81. The first-order chi connectivity index (χ1) is 9.47. The third-order valence-electron chi connectivity index (χ3n) is 5.52. The Hall–Kier alpha value is -0.120. The van der Waals surface area contributed by atoms with E-state index in [4.69, 9.17) is 5.73 Å². The zero-order chi connectivity index (χ0) is 14.8. The van der Waals surface area contributed by atoms with E-state index in [0.717, 1.165) is 18.4 Å². The topological polar surface area (TPSA) is 32.5 Å². The Kier molecular flexibility index (Phi) is 5.49. The van der Waals surface area contributed by atoms with E-state index in [-0.39, 0.29) is 5.54 Å². The van der Waals surface area contributed by atoms with Crippen molar-refractivity contribution in [3.8, 4) is 0 Å². The molecule has 0 amide bonds. The minimum atomic E-state index is 0.279. The van der Waals surface area contributed by atoms with Crippen molar-refractivity contribution in [2.45, 2.75) is 65.0 Å². The quantitative estimate of drug-likeness (QED) is 0.859. The van der Waals surface area contributed by atoms with Gasteiger partial charge in [0.2, 0.25) is 0 Å². The van der Waals surface area contributed by atoms with Gasteiger partial charge in [-0.2, -0.15) is 0 Å². The van der Waals surface area contributed by atoms with E-state index in [0.29, 0.717) is 6.04 Å². The van der Waals surface area contributed by atoms with E-state index >= 15 is 0 Å². The normalized spacial score (nSPS) is 32.7. The van der Waals surface area contributed by atoms with Gasteiger partial charge in [0, 0.05) is 31.2 Å². The van der Waals surface area contributed by atoms with Gasteiger partial charge in [-0.1, -0.05) is 20.8 Å². The SMILES string of the molecule is CC(C)CN1CCC(CN)(N2CC(C)CCC2C)CC1. The van der Waals surface area contributed by atoms with Crippen molar-refractivity contribution >= 4 is 0 Å². The smallest absolute Gasteiger partial charge is 0.0358 e. The first-order valence-electron chi connectivity index (χ1n) is 8.66. The van der Waals surface area contributed by atoms with Crippen molar-refractivity contribution in [1.29, 1.82) is 0 Å². The van der Waals surface area contributed by atoms with E-state index in [1.807, 2.05) is 0 Å². The van der Waals surface area contributed by atoms with Gasteiger partial charge in [-0.3, -0.25) is 4.90 Å². The van der Waals surface area contributed by atoms with Crippen molar-refractivity contribution in [3.05, 3.63) is 0 Å². The van der Waals surface area contributed by atoms with Gasteiger partial charge >= 0.3 is 0 Å². The minimum Gasteiger partial charge on any atom is -0.329 e. The number of hydrogen-bond donors (Lipinski definition) is 1. The fourth-order valence-electron chi connectivity index (χ4n) is 4.23. The maximum absolute atomic E-state index is 6.26. The fourth-order valence-corrected chi connectivity index (χ4v) is 4.23. The summed E-state index contributed by atoms with van der Waals surface area (Å²) < 4.78 is 0. The first kappa shape index (κ1) is 16.3. The van der Waals surface area contributed by atoms with Crippen LogP contribution in [0, 0.1) is 11.8 Å². The molecule has 118 valence electrons. The first-order valence-corrected chi connectivity index (χ1v) is 8.66. The number of hydrogen-bond acceptors (Lipinski definition) is 3. The molecule has 2 unspecified atom stereocenters. The Bertz CT molecular complexity index is 295. The number of likely N-dealkylation sites (tertiary alicyclic amines) is 2. The number of rotatable bonds is 4. The third-order valence-corrected chi connectivity index (χ3v) is 5.52. The number of piperidine rings is 2. The third kappa shape index (κ3) is 3.55. The lowest BCUT2D eigenvalue weighted by molar-refractivity contribution is -0.0297. The van der Waals surface area contributed by atoms with Gasteiger partial charge < -0.3 is 10.6 Å². The van der Waals surface area contributed by atoms with Crippen molar-refractivity contribution < 1.29 is 0 Å². The van der Waals surface area contributed by atoms with E-state index in [9.17, 15) is 0 Å². The average molecular weight is 281 g/mol. The highest BCUT2D eigenvalue weighted by Crippen LogP contribution is 2.35. The van der Waals surface area contributed by atoms with Crippen molar-refractivity contribution in [2.75, 3.05) is 32.7 Å². The van der Waals surface area contributed by atoms with Gasteiger partial charge in [-0.25, -0.2) is 0 Å². The second kappa shape index (κ2) is 6.76. The summed E-state index contributed by atoms with van der Waals surface area (Å²) in [7, 11) is 0. The molecule has 0 radical (unpaired) electrons. The van der Waals surface area contributed by atoms with Gasteiger partial charge in [0.1, 0.15) is 0 Å². The maximum atomic E-state index is 6.26. The second-order valence-electron chi connectivity index (χ2n) is 7.81. The molecular formula is C17H35N3. The van der Waals surface area contributed by atoms with E-state index in [1.165, 1.54) is 51.9 Å². The zero-order valence-corrected chi connectivity index (χ0v) is 14.1. The number of nitrogens with zero attached hydrogens (tertiary/aromatic N) is 2. The summed E-state index contributed by atoms with van der Waals surface area (Å²) >= 11 is 0. The molecule has 2 rings (SSSR count). The molecule has 0 spiro atoms. The van der Waals surface area contributed by atoms with Gasteiger partial charge in [0.15, 0.2) is 0 Å². The summed E-state index contributed by atoms with van der Waals surface area (Å²) in [4.78, 5) is 5.41. The highest BCUT2D eigenvalue weighted by molar-refractivity contribution is 4.99. The van der Waals surface area contributed by atoms with Crippen molar-refractivity contribution in [2.24, 2.45) is 17.6 Å². The Morgan fingerprint density at radius 1 is 1.15 bits per heavy atom. The predicted octanol–water partition coefficient (Wildman–Crippen LogP) is 2.56. The highest BCUT2D eigenvalue weighted by atomic mass is 15.3. The summed E-state index contributed by atoms with van der Waals surface area (Å²) in [6.45, 7) is 15.2. The number of nitrogens with two attached hydrogens (primary N) is 1. The van der Waals surface area contributed by atoms with Crippen LogP contribution in [0.15, 0.2) is 0 Å². The monoisotopic (exact) mass is 281 g/mol. The van der Waals surface area contributed by atoms with Crippen molar-refractivity contribution in [3.63, 3.8) is 0 Å². The van der Waals surface area contributed by atoms with Crippen LogP contribution in [0.4, 0.5) is 0 Å². The molecule has 2 aliphatic heterocycles. The van der Waals surface area contributed by atoms with Crippen molar-refractivity contribution in [1.82, 2.24) is 9.80 Å². The minimum absolute atomic E-state index is 0.279. The van der Waals surface area contributed by atoms with Crippen LogP contribution < -0.4 is 5.73 Å². The lowest BCUT2D eigenvalue weighted by Gasteiger charge is -2.53. The summed E-state index contributed by atoms with van der Waals surface area (Å²) in [5.74, 6) is 1.61. The molecule has 0 aromatic heterocycles. The molecule has 0 bridgehead atoms. The maximum Gasteiger partial charge on any atom is 0.0358 e. The van der Waals surface area contributed by atoms with Gasteiger partial charge in [-0.05, 0) is 57.5 Å². The molecule has 2 atom stereocenters. The molecule has 0 aromatic carbocycles. The van der Waals surface area contributed by atoms with Crippen LogP contribution in [-0.4, -0.2) is 54.1 Å². The fraction of sp³-hybridized carbons (Fsp3) is 1.00. The Morgan fingerprint density at radius 3 is 2.35 bits per heavy atom. The summed E-state index contributed by atoms with van der Waals surface area (Å²) in [5.41, 5.74) is 6.54. The molecule has 3 heteroatoms. The molecule has 0 aliphatic carbocycles. The van der Waals surface area contributed by atoms with Crippen LogP contribution in [0.3, 0.4) is 0 Å². The molecule has 2 aliphatic rings. The van der Waals surface area contributed by atoms with Gasteiger partial charge in [0.05, 0.1) is 0 Å². The summed E-state index contributed by atoms with van der Waals surface area (Å²) in [5, 5.41) is 0. The van der Waals surface area contributed by atoms with Crippen LogP contribution in [-0.2, 0) is 0 Å². The van der Waals surface area contributed by atoms with Crippen LogP contribution in [0.1, 0.15) is 53.4 Å². The standard InChI is InChI=1S/C17H35N3/c1-14(2)11-19-9-7-17(13-18,8-10-19)20-12-15(3)5-6-16(20)4/h14-16H,5-13,18H2,1-4H3. The predicted molar refractivity (Wildman–Crippen MR) is 86.9 cm³/mol. The summed E-state index contributed by atoms with van der Waals surface area (Å²) in [6.07, 6.45) is 5.25. The summed E-state index contributed by atoms with van der Waals surface area (Å²) in [6, 6.07) is 0.714. The molecular weight excluding hydrogens is 246 g/mol. The van der Waals surface area contributed by atoms with E-state index in [1.54, 1.807) is 0 Å². The van der Waals surface area contributed by atoms with Crippen LogP contribution in [0.2, 0.25) is 0 Å². The molecule has 2 saturated heterocycles. The van der Waals surface area contributed by atoms with Gasteiger partial charge in [0.25, 0.3) is 0 Å². The van der Waals surface area contributed by atoms with E-state index in [2.05, 4.69) is 37.5 Å². The molecule has 2 heterocycles.